The number of fused-ring (bicyclic) bond motifs is 1. The number of aromatic nitrogens is 4. The van der Waals surface area contributed by atoms with Crippen molar-refractivity contribution in [1.29, 1.82) is 0 Å². The van der Waals surface area contributed by atoms with Crippen LogP contribution in [0.5, 0.6) is 11.5 Å². The molecule has 0 aliphatic heterocycles. The van der Waals surface area contributed by atoms with E-state index < -0.39 is 11.3 Å². The van der Waals surface area contributed by atoms with Crippen LogP contribution in [0, 0.1) is 13.8 Å². The zero-order valence-electron chi connectivity index (χ0n) is 19.3. The molecule has 0 amide bonds. The fourth-order valence-corrected chi connectivity index (χ4v) is 3.98. The SMILES string of the molecule is COc1ccc(-c2c(C)nn3c(NCc4ccc(CNS(=O)O)cc4)nc(C)nc23)cc1OC. The zero-order valence-corrected chi connectivity index (χ0v) is 20.1. The van der Waals surface area contributed by atoms with Gasteiger partial charge in [-0.3, -0.25) is 4.55 Å². The number of benzene rings is 2. The molecule has 0 saturated heterocycles. The van der Waals surface area contributed by atoms with Gasteiger partial charge in [-0.15, -0.1) is 0 Å². The van der Waals surface area contributed by atoms with Crippen molar-refractivity contribution < 1.29 is 18.2 Å². The second-order valence-corrected chi connectivity index (χ2v) is 8.39. The lowest BCUT2D eigenvalue weighted by atomic mass is 10.1. The molecule has 0 spiro atoms. The van der Waals surface area contributed by atoms with Crippen LogP contribution in [0.3, 0.4) is 0 Å². The van der Waals surface area contributed by atoms with Crippen molar-refractivity contribution in [3.05, 3.63) is 65.1 Å². The van der Waals surface area contributed by atoms with Gasteiger partial charge in [-0.25, -0.2) is 13.9 Å². The number of anilines is 1. The van der Waals surface area contributed by atoms with E-state index in [-0.39, 0.29) is 0 Å². The summed E-state index contributed by atoms with van der Waals surface area (Å²) in [5, 5.41) is 8.04. The molecule has 0 radical (unpaired) electrons. The number of nitrogens with one attached hydrogen (secondary N) is 2. The summed E-state index contributed by atoms with van der Waals surface area (Å²) in [5.74, 6) is 2.49. The predicted octanol–water partition coefficient (Wildman–Crippen LogP) is 3.26. The third-order valence-corrected chi connectivity index (χ3v) is 5.71. The summed E-state index contributed by atoms with van der Waals surface area (Å²) in [7, 11) is 3.21. The Morgan fingerprint density at radius 3 is 2.29 bits per heavy atom. The van der Waals surface area contributed by atoms with Crippen molar-refractivity contribution in [2.75, 3.05) is 19.5 Å². The third-order valence-electron chi connectivity index (χ3n) is 5.32. The van der Waals surface area contributed by atoms with Crippen molar-refractivity contribution >= 4 is 22.9 Å². The highest BCUT2D eigenvalue weighted by Crippen LogP contribution is 2.35. The normalized spacial score (nSPS) is 12.0. The molecule has 2 heterocycles. The Bertz CT molecular complexity index is 1340. The second-order valence-electron chi connectivity index (χ2n) is 7.60. The van der Waals surface area contributed by atoms with E-state index in [2.05, 4.69) is 20.0 Å². The van der Waals surface area contributed by atoms with Crippen LogP contribution in [0.4, 0.5) is 5.95 Å². The minimum absolute atomic E-state index is 0.314. The van der Waals surface area contributed by atoms with Crippen LogP contribution in [-0.4, -0.2) is 42.6 Å². The first-order chi connectivity index (χ1) is 16.4. The highest BCUT2D eigenvalue weighted by atomic mass is 32.2. The lowest BCUT2D eigenvalue weighted by Crippen LogP contribution is -2.15. The fraction of sp³-hybridized carbons (Fsp3) is 0.261. The molecule has 1 unspecified atom stereocenters. The Labute approximate surface area is 199 Å². The molecule has 11 heteroatoms. The molecule has 10 nitrogen and oxygen atoms in total. The van der Waals surface area contributed by atoms with Crippen LogP contribution in [0.2, 0.25) is 0 Å². The number of hydrogen-bond donors (Lipinski definition) is 3. The molecule has 2 aromatic heterocycles. The van der Waals surface area contributed by atoms with E-state index in [1.807, 2.05) is 56.3 Å². The first-order valence-corrected chi connectivity index (χ1v) is 11.6. The number of nitrogens with zero attached hydrogens (tertiary/aromatic N) is 4. The second kappa shape index (κ2) is 10.2. The summed E-state index contributed by atoms with van der Waals surface area (Å²) in [6.45, 7) is 4.62. The van der Waals surface area contributed by atoms with Crippen LogP contribution < -0.4 is 19.5 Å². The van der Waals surface area contributed by atoms with E-state index in [0.29, 0.717) is 42.0 Å². The van der Waals surface area contributed by atoms with Gasteiger partial charge in [-0.05, 0) is 42.7 Å². The molecule has 0 aliphatic carbocycles. The third kappa shape index (κ3) is 5.01. The van der Waals surface area contributed by atoms with E-state index in [1.165, 1.54) is 0 Å². The minimum atomic E-state index is -2.03. The van der Waals surface area contributed by atoms with Gasteiger partial charge in [-0.2, -0.15) is 14.6 Å². The molecule has 1 atom stereocenters. The van der Waals surface area contributed by atoms with Gasteiger partial charge in [0.2, 0.25) is 17.2 Å². The van der Waals surface area contributed by atoms with Crippen LogP contribution in [-0.2, 0) is 24.4 Å². The molecule has 0 fully saturated rings. The Kier molecular flexibility index (Phi) is 7.06. The Balaban J connectivity index is 1.62. The molecule has 34 heavy (non-hydrogen) atoms. The fourth-order valence-electron chi connectivity index (χ4n) is 3.69. The predicted molar refractivity (Wildman–Crippen MR) is 130 cm³/mol. The van der Waals surface area contributed by atoms with Gasteiger partial charge in [0.1, 0.15) is 5.82 Å². The largest absolute Gasteiger partial charge is 0.493 e. The lowest BCUT2D eigenvalue weighted by molar-refractivity contribution is 0.355. The van der Waals surface area contributed by atoms with E-state index in [0.717, 1.165) is 27.9 Å². The van der Waals surface area contributed by atoms with E-state index in [1.54, 1.807) is 18.7 Å². The maximum atomic E-state index is 10.8. The number of hydrogen-bond acceptors (Lipinski definition) is 7. The zero-order chi connectivity index (χ0) is 24.2. The van der Waals surface area contributed by atoms with Crippen molar-refractivity contribution in [1.82, 2.24) is 24.3 Å². The smallest absolute Gasteiger partial charge is 0.232 e. The minimum Gasteiger partial charge on any atom is -0.493 e. The number of ether oxygens (including phenoxy) is 2. The van der Waals surface area contributed by atoms with Crippen molar-refractivity contribution in [2.45, 2.75) is 26.9 Å². The molecule has 4 aromatic rings. The van der Waals surface area contributed by atoms with Gasteiger partial charge in [0.05, 0.1) is 19.9 Å². The lowest BCUT2D eigenvalue weighted by Gasteiger charge is -2.11. The summed E-state index contributed by atoms with van der Waals surface area (Å²) >= 11 is -2.03. The maximum Gasteiger partial charge on any atom is 0.232 e. The van der Waals surface area contributed by atoms with Crippen LogP contribution in [0.1, 0.15) is 22.6 Å². The van der Waals surface area contributed by atoms with Crippen LogP contribution in [0.25, 0.3) is 16.8 Å². The van der Waals surface area contributed by atoms with E-state index in [9.17, 15) is 4.21 Å². The van der Waals surface area contributed by atoms with Gasteiger partial charge >= 0.3 is 0 Å². The van der Waals surface area contributed by atoms with Crippen molar-refractivity contribution in [3.8, 4) is 22.6 Å². The maximum absolute atomic E-state index is 10.8. The molecule has 4 rings (SSSR count). The molecular weight excluding hydrogens is 456 g/mol. The van der Waals surface area contributed by atoms with Crippen molar-refractivity contribution in [2.24, 2.45) is 0 Å². The molecule has 178 valence electrons. The first-order valence-electron chi connectivity index (χ1n) is 10.5. The van der Waals surface area contributed by atoms with E-state index >= 15 is 0 Å². The highest BCUT2D eigenvalue weighted by Gasteiger charge is 2.18. The number of aryl methyl sites for hydroxylation is 2. The topological polar surface area (TPSA) is 123 Å². The molecule has 0 saturated carbocycles. The Morgan fingerprint density at radius 2 is 1.65 bits per heavy atom. The van der Waals surface area contributed by atoms with E-state index in [4.69, 9.17) is 19.1 Å². The summed E-state index contributed by atoms with van der Waals surface area (Å²) in [5.41, 5.74) is 5.26. The molecule has 3 N–H and O–H groups in total. The van der Waals surface area contributed by atoms with Gasteiger partial charge in [0.15, 0.2) is 17.1 Å². The first kappa shape index (κ1) is 23.6. The van der Waals surface area contributed by atoms with Crippen LogP contribution >= 0.6 is 0 Å². The average Bonchev–Trinajstić information content (AvgIpc) is 3.16. The Hall–Kier alpha value is -3.54. The standard InChI is InChI=1S/C23H26N6O4S/c1-14-21(18-9-10-19(32-3)20(11-18)33-4)22-26-15(2)27-23(29(22)28-14)24-12-16-5-7-17(8-6-16)13-25-34(30)31/h5-11,25H,12-13H2,1-4H3,(H,30,31)(H,24,26,27). The van der Waals surface area contributed by atoms with Crippen molar-refractivity contribution in [3.63, 3.8) is 0 Å². The van der Waals surface area contributed by atoms with Gasteiger partial charge < -0.3 is 14.8 Å². The molecule has 2 aromatic carbocycles. The summed E-state index contributed by atoms with van der Waals surface area (Å²) in [4.78, 5) is 9.21. The highest BCUT2D eigenvalue weighted by molar-refractivity contribution is 7.77. The summed E-state index contributed by atoms with van der Waals surface area (Å²) in [6, 6.07) is 13.5. The number of methoxy groups -OCH3 is 2. The molecular formula is C23H26N6O4S. The summed E-state index contributed by atoms with van der Waals surface area (Å²) in [6.07, 6.45) is 0. The quantitative estimate of drug-likeness (QED) is 0.311. The van der Waals surface area contributed by atoms with Gasteiger partial charge in [0, 0.05) is 18.7 Å². The van der Waals surface area contributed by atoms with Gasteiger partial charge in [-0.1, -0.05) is 30.3 Å². The molecule has 0 aliphatic rings. The summed E-state index contributed by atoms with van der Waals surface area (Å²) < 4.78 is 34.6. The molecule has 0 bridgehead atoms. The number of rotatable bonds is 9. The average molecular weight is 483 g/mol. The van der Waals surface area contributed by atoms with Crippen LogP contribution in [0.15, 0.2) is 42.5 Å². The van der Waals surface area contributed by atoms with Gasteiger partial charge in [0.25, 0.3) is 0 Å². The monoisotopic (exact) mass is 482 g/mol. The Morgan fingerprint density at radius 1 is 0.971 bits per heavy atom.